The summed E-state index contributed by atoms with van der Waals surface area (Å²) in [5, 5.41) is 4.05. The van der Waals surface area contributed by atoms with Crippen LogP contribution in [-0.4, -0.2) is 24.8 Å². The van der Waals surface area contributed by atoms with Crippen molar-refractivity contribution in [3.8, 4) is 11.5 Å². The molecule has 0 saturated carbocycles. The molecule has 0 heterocycles. The van der Waals surface area contributed by atoms with Crippen molar-refractivity contribution in [3.63, 3.8) is 0 Å². The van der Waals surface area contributed by atoms with E-state index in [0.717, 1.165) is 24.9 Å². The molecular formula is C20H22BrIN2O3. The number of carbonyl (C=O) groups excluding carboxylic acids is 1. The first-order chi connectivity index (χ1) is 12.9. The zero-order valence-corrected chi connectivity index (χ0v) is 19.2. The van der Waals surface area contributed by atoms with E-state index in [2.05, 4.69) is 49.0 Å². The number of hydrogen-bond acceptors (Lipinski definition) is 4. The molecule has 7 heteroatoms. The summed E-state index contributed by atoms with van der Waals surface area (Å²) < 4.78 is 13.5. The van der Waals surface area contributed by atoms with Crippen molar-refractivity contribution in [2.24, 2.45) is 5.10 Å². The Morgan fingerprint density at radius 2 is 2.00 bits per heavy atom. The highest BCUT2D eigenvalue weighted by molar-refractivity contribution is 14.1. The Balaban J connectivity index is 2.04. The maximum absolute atomic E-state index is 12.0. The Labute approximate surface area is 181 Å². The summed E-state index contributed by atoms with van der Waals surface area (Å²) >= 11 is 5.59. The second-order valence-electron chi connectivity index (χ2n) is 6.03. The summed E-state index contributed by atoms with van der Waals surface area (Å²) in [5.41, 5.74) is 4.30. The maximum atomic E-state index is 12.0. The Kier molecular flexibility index (Phi) is 8.56. The van der Waals surface area contributed by atoms with Crippen molar-refractivity contribution in [2.75, 3.05) is 6.61 Å². The predicted octanol–water partition coefficient (Wildman–Crippen LogP) is 4.93. The topological polar surface area (TPSA) is 59.9 Å². The van der Waals surface area contributed by atoms with E-state index >= 15 is 0 Å². The lowest BCUT2D eigenvalue weighted by Gasteiger charge is -2.16. The molecule has 0 fully saturated rings. The zero-order valence-electron chi connectivity index (χ0n) is 15.5. The zero-order chi connectivity index (χ0) is 19.8. The Morgan fingerprint density at radius 3 is 2.63 bits per heavy atom. The third-order valence-electron chi connectivity index (χ3n) is 3.37. The predicted molar refractivity (Wildman–Crippen MR) is 120 cm³/mol. The number of halogens is 2. The lowest BCUT2D eigenvalue weighted by atomic mass is 10.1. The van der Waals surface area contributed by atoms with E-state index in [1.165, 1.54) is 0 Å². The van der Waals surface area contributed by atoms with Crippen LogP contribution in [0.5, 0.6) is 11.5 Å². The minimum absolute atomic E-state index is 0.0511. The molecule has 1 amide bonds. The second kappa shape index (κ2) is 10.7. The third kappa shape index (κ3) is 7.14. The van der Waals surface area contributed by atoms with Gasteiger partial charge in [0.2, 0.25) is 5.91 Å². The number of rotatable bonds is 8. The summed E-state index contributed by atoms with van der Waals surface area (Å²) in [6.45, 7) is 6.41. The number of carbonyl (C=O) groups is 1. The molecule has 144 valence electrons. The van der Waals surface area contributed by atoms with E-state index < -0.39 is 0 Å². The van der Waals surface area contributed by atoms with E-state index in [-0.39, 0.29) is 18.4 Å². The van der Waals surface area contributed by atoms with Gasteiger partial charge < -0.3 is 9.47 Å². The minimum atomic E-state index is -0.173. The van der Waals surface area contributed by atoms with Crippen LogP contribution in [0.1, 0.15) is 31.9 Å². The summed E-state index contributed by atoms with van der Waals surface area (Å²) in [6.07, 6.45) is 1.92. The molecule has 5 nitrogen and oxygen atoms in total. The fraction of sp³-hybridized carbons (Fsp3) is 0.300. The molecule has 0 unspecified atom stereocenters. The van der Waals surface area contributed by atoms with Gasteiger partial charge in [-0.05, 0) is 78.8 Å². The van der Waals surface area contributed by atoms with E-state index in [1.54, 1.807) is 6.21 Å². The molecule has 0 aliphatic heterocycles. The van der Waals surface area contributed by atoms with Gasteiger partial charge in [0.1, 0.15) is 0 Å². The van der Waals surface area contributed by atoms with Crippen molar-refractivity contribution in [3.05, 3.63) is 55.6 Å². The van der Waals surface area contributed by atoms with Crippen molar-refractivity contribution >= 4 is 50.6 Å². The number of ether oxygens (including phenoxy) is 2. The first-order valence-corrected chi connectivity index (χ1v) is 10.5. The molecule has 0 bridgehead atoms. The molecule has 27 heavy (non-hydrogen) atoms. The Bertz CT molecular complexity index is 808. The van der Waals surface area contributed by atoms with Crippen LogP contribution in [0.3, 0.4) is 0 Å². The van der Waals surface area contributed by atoms with Crippen molar-refractivity contribution in [1.29, 1.82) is 0 Å². The molecule has 1 N–H and O–H groups in total. The molecule has 0 aliphatic rings. The smallest absolute Gasteiger partial charge is 0.244 e. The number of amides is 1. The number of benzene rings is 2. The normalized spacial score (nSPS) is 11.0. The number of nitrogens with zero attached hydrogens (tertiary/aromatic N) is 1. The molecule has 0 spiro atoms. The fourth-order valence-electron chi connectivity index (χ4n) is 2.28. The quantitative estimate of drug-likeness (QED) is 0.291. The molecule has 0 aromatic heterocycles. The van der Waals surface area contributed by atoms with E-state index in [4.69, 9.17) is 9.47 Å². The van der Waals surface area contributed by atoms with Gasteiger partial charge in [0.15, 0.2) is 11.5 Å². The summed E-state index contributed by atoms with van der Waals surface area (Å²) in [4.78, 5) is 12.0. The highest BCUT2D eigenvalue weighted by atomic mass is 127. The highest BCUT2D eigenvalue weighted by Gasteiger charge is 2.13. The van der Waals surface area contributed by atoms with Crippen LogP contribution in [-0.2, 0) is 11.2 Å². The van der Waals surface area contributed by atoms with Crippen molar-refractivity contribution in [1.82, 2.24) is 5.43 Å². The average molecular weight is 545 g/mol. The summed E-state index contributed by atoms with van der Waals surface area (Å²) in [5.74, 6) is 1.22. The van der Waals surface area contributed by atoms with Crippen LogP contribution in [0.25, 0.3) is 0 Å². The van der Waals surface area contributed by atoms with Gasteiger partial charge >= 0.3 is 0 Å². The minimum Gasteiger partial charge on any atom is -0.490 e. The van der Waals surface area contributed by atoms with Crippen LogP contribution in [0.15, 0.2) is 46.0 Å². The monoisotopic (exact) mass is 544 g/mol. The van der Waals surface area contributed by atoms with Gasteiger partial charge in [-0.2, -0.15) is 5.10 Å². The molecule has 0 radical (unpaired) electrons. The van der Waals surface area contributed by atoms with Crippen molar-refractivity contribution < 1.29 is 14.3 Å². The average Bonchev–Trinajstić information content (AvgIpc) is 2.60. The van der Waals surface area contributed by atoms with Crippen molar-refractivity contribution in [2.45, 2.75) is 33.3 Å². The molecular weight excluding hydrogens is 523 g/mol. The van der Waals surface area contributed by atoms with E-state index in [9.17, 15) is 4.79 Å². The molecule has 0 saturated heterocycles. The van der Waals surface area contributed by atoms with E-state index in [0.29, 0.717) is 12.4 Å². The lowest BCUT2D eigenvalue weighted by Crippen LogP contribution is -2.19. The SMILES string of the molecule is CCOc1cc(/C=N\NC(=O)Cc2ccc(Br)cc2)cc(I)c1OC(C)C. The first-order valence-electron chi connectivity index (χ1n) is 8.58. The Hall–Kier alpha value is -1.61. The van der Waals surface area contributed by atoms with Crippen LogP contribution in [0, 0.1) is 3.57 Å². The molecule has 0 atom stereocenters. The van der Waals surface area contributed by atoms with E-state index in [1.807, 2.05) is 57.2 Å². The highest BCUT2D eigenvalue weighted by Crippen LogP contribution is 2.34. The second-order valence-corrected chi connectivity index (χ2v) is 8.10. The maximum Gasteiger partial charge on any atom is 0.244 e. The van der Waals surface area contributed by atoms with Gasteiger partial charge in [0.25, 0.3) is 0 Å². The third-order valence-corrected chi connectivity index (χ3v) is 4.70. The lowest BCUT2D eigenvalue weighted by molar-refractivity contribution is -0.120. The number of nitrogens with one attached hydrogen (secondary N) is 1. The first kappa shape index (κ1) is 21.7. The van der Waals surface area contributed by atoms with Crippen LogP contribution in [0.2, 0.25) is 0 Å². The van der Waals surface area contributed by atoms with Gasteiger partial charge in [0.05, 0.1) is 28.9 Å². The van der Waals surface area contributed by atoms with Gasteiger partial charge in [-0.1, -0.05) is 28.1 Å². The van der Waals surface area contributed by atoms with Crippen LogP contribution < -0.4 is 14.9 Å². The largest absolute Gasteiger partial charge is 0.490 e. The van der Waals surface area contributed by atoms with Gasteiger partial charge in [-0.3, -0.25) is 4.79 Å². The fourth-order valence-corrected chi connectivity index (χ4v) is 3.30. The van der Waals surface area contributed by atoms with Crippen LogP contribution >= 0.6 is 38.5 Å². The summed E-state index contributed by atoms with van der Waals surface area (Å²) in [7, 11) is 0. The number of hydrogen-bond donors (Lipinski definition) is 1. The molecule has 2 aromatic rings. The molecule has 0 aliphatic carbocycles. The standard InChI is InChI=1S/C20H22BrIN2O3/c1-4-26-18-10-15(9-17(22)20(18)27-13(2)3)12-23-24-19(25)11-14-5-7-16(21)8-6-14/h5-10,12-13H,4,11H2,1-3H3,(H,24,25)/b23-12-. The van der Waals surface area contributed by atoms with Gasteiger partial charge in [0, 0.05) is 4.47 Å². The number of hydrazone groups is 1. The van der Waals surface area contributed by atoms with Gasteiger partial charge in [-0.15, -0.1) is 0 Å². The Morgan fingerprint density at radius 1 is 1.30 bits per heavy atom. The van der Waals surface area contributed by atoms with Crippen LogP contribution in [0.4, 0.5) is 0 Å². The summed E-state index contributed by atoms with van der Waals surface area (Å²) in [6, 6.07) is 11.4. The molecule has 2 rings (SSSR count). The molecule has 2 aromatic carbocycles. The van der Waals surface area contributed by atoms with Gasteiger partial charge in [-0.25, -0.2) is 5.43 Å².